The first kappa shape index (κ1) is 10.8. The Morgan fingerprint density at radius 3 is 2.89 bits per heavy atom. The number of rotatable bonds is 2. The zero-order valence-corrected chi connectivity index (χ0v) is 9.92. The fourth-order valence-electron chi connectivity index (χ4n) is 2.23. The predicted octanol–water partition coefficient (Wildman–Crippen LogP) is 2.75. The predicted molar refractivity (Wildman–Crippen MR) is 69.0 cm³/mol. The van der Waals surface area contributed by atoms with Gasteiger partial charge in [0.05, 0.1) is 5.52 Å². The van der Waals surface area contributed by atoms with E-state index in [1.54, 1.807) is 6.20 Å². The highest BCUT2D eigenvalue weighted by Gasteiger charge is 2.13. The lowest BCUT2D eigenvalue weighted by atomic mass is 10.1. The van der Waals surface area contributed by atoms with Gasteiger partial charge < -0.3 is 5.11 Å². The summed E-state index contributed by atoms with van der Waals surface area (Å²) in [7, 11) is 0. The molecule has 3 aromatic rings. The topological polar surface area (TPSA) is 54.6 Å². The number of carboxylic acid groups (broad SMARTS) is 1. The minimum atomic E-state index is -0.996. The molecule has 0 aliphatic heterocycles. The molecule has 4 nitrogen and oxygen atoms in total. The Labute approximate surface area is 104 Å². The van der Waals surface area contributed by atoms with Crippen molar-refractivity contribution in [2.45, 2.75) is 13.3 Å². The number of aryl methyl sites for hydroxylation is 1. The molecule has 0 aliphatic rings. The SMILES string of the molecule is CCc1cc2ccccc2n2cc(C(=O)O)nc12. The van der Waals surface area contributed by atoms with Crippen molar-refractivity contribution in [2.75, 3.05) is 0 Å². The van der Waals surface area contributed by atoms with Crippen molar-refractivity contribution < 1.29 is 9.90 Å². The van der Waals surface area contributed by atoms with Gasteiger partial charge in [-0.05, 0) is 29.5 Å². The molecule has 1 aromatic carbocycles. The number of hydrogen-bond donors (Lipinski definition) is 1. The van der Waals surface area contributed by atoms with E-state index in [2.05, 4.69) is 11.1 Å². The van der Waals surface area contributed by atoms with Gasteiger partial charge in [0.25, 0.3) is 0 Å². The lowest BCUT2D eigenvalue weighted by Crippen LogP contribution is -1.95. The van der Waals surface area contributed by atoms with Crippen molar-refractivity contribution in [3.63, 3.8) is 0 Å². The molecule has 0 unspecified atom stereocenters. The largest absolute Gasteiger partial charge is 0.476 e. The van der Waals surface area contributed by atoms with Crippen LogP contribution in [0.15, 0.2) is 36.5 Å². The van der Waals surface area contributed by atoms with Gasteiger partial charge in [-0.25, -0.2) is 9.78 Å². The van der Waals surface area contributed by atoms with Gasteiger partial charge in [-0.1, -0.05) is 25.1 Å². The molecule has 0 saturated carbocycles. The van der Waals surface area contributed by atoms with Crippen molar-refractivity contribution in [1.82, 2.24) is 9.38 Å². The van der Waals surface area contributed by atoms with Gasteiger partial charge in [-0.2, -0.15) is 0 Å². The molecule has 0 fully saturated rings. The van der Waals surface area contributed by atoms with Crippen LogP contribution in [0.5, 0.6) is 0 Å². The number of pyridine rings is 1. The molecule has 18 heavy (non-hydrogen) atoms. The third-order valence-corrected chi connectivity index (χ3v) is 3.12. The number of carbonyl (C=O) groups is 1. The monoisotopic (exact) mass is 240 g/mol. The van der Waals surface area contributed by atoms with Crippen molar-refractivity contribution in [3.8, 4) is 0 Å². The highest BCUT2D eigenvalue weighted by molar-refractivity contribution is 5.89. The summed E-state index contributed by atoms with van der Waals surface area (Å²) in [6.07, 6.45) is 2.41. The maximum absolute atomic E-state index is 11.0. The minimum absolute atomic E-state index is 0.0843. The summed E-state index contributed by atoms with van der Waals surface area (Å²) in [5.74, 6) is -0.996. The molecular formula is C14H12N2O2. The molecule has 90 valence electrons. The van der Waals surface area contributed by atoms with E-state index < -0.39 is 5.97 Å². The zero-order valence-electron chi connectivity index (χ0n) is 9.92. The van der Waals surface area contributed by atoms with Crippen LogP contribution in [0.1, 0.15) is 23.0 Å². The summed E-state index contributed by atoms with van der Waals surface area (Å²) >= 11 is 0. The molecule has 2 aromatic heterocycles. The van der Waals surface area contributed by atoms with E-state index in [0.717, 1.165) is 28.5 Å². The van der Waals surface area contributed by atoms with E-state index in [1.807, 2.05) is 35.6 Å². The number of benzene rings is 1. The second kappa shape index (κ2) is 3.84. The number of para-hydroxylation sites is 1. The fourth-order valence-corrected chi connectivity index (χ4v) is 2.23. The molecule has 3 rings (SSSR count). The third-order valence-electron chi connectivity index (χ3n) is 3.12. The standard InChI is InChI=1S/C14H12N2O2/c1-2-9-7-10-5-3-4-6-12(10)16-8-11(14(17)18)15-13(9)16/h3-8H,2H2,1H3,(H,17,18). The van der Waals surface area contributed by atoms with E-state index in [-0.39, 0.29) is 5.69 Å². The highest BCUT2D eigenvalue weighted by atomic mass is 16.4. The Balaban J connectivity index is 2.49. The second-order valence-electron chi connectivity index (χ2n) is 4.21. The van der Waals surface area contributed by atoms with Crippen molar-refractivity contribution in [1.29, 1.82) is 0 Å². The van der Waals surface area contributed by atoms with E-state index in [0.29, 0.717) is 0 Å². The molecule has 0 bridgehead atoms. The van der Waals surface area contributed by atoms with Crippen molar-refractivity contribution >= 4 is 22.5 Å². The summed E-state index contributed by atoms with van der Waals surface area (Å²) in [5, 5.41) is 10.1. The van der Waals surface area contributed by atoms with E-state index in [4.69, 9.17) is 5.11 Å². The van der Waals surface area contributed by atoms with Crippen LogP contribution in [0, 0.1) is 0 Å². The van der Waals surface area contributed by atoms with Crippen LogP contribution < -0.4 is 0 Å². The second-order valence-corrected chi connectivity index (χ2v) is 4.21. The molecular weight excluding hydrogens is 228 g/mol. The van der Waals surface area contributed by atoms with Crippen LogP contribution in [0.4, 0.5) is 0 Å². The Morgan fingerprint density at radius 2 is 2.17 bits per heavy atom. The van der Waals surface area contributed by atoms with Gasteiger partial charge in [-0.3, -0.25) is 4.40 Å². The summed E-state index contributed by atoms with van der Waals surface area (Å²) in [6.45, 7) is 2.04. The van der Waals surface area contributed by atoms with Crippen LogP contribution in [0.3, 0.4) is 0 Å². The van der Waals surface area contributed by atoms with Crippen LogP contribution in [-0.2, 0) is 6.42 Å². The molecule has 2 heterocycles. The average molecular weight is 240 g/mol. The van der Waals surface area contributed by atoms with Crippen LogP contribution in [0.25, 0.3) is 16.6 Å². The van der Waals surface area contributed by atoms with Gasteiger partial charge in [0.1, 0.15) is 5.65 Å². The summed E-state index contributed by atoms with van der Waals surface area (Å²) in [5.41, 5.74) is 2.85. The van der Waals surface area contributed by atoms with Gasteiger partial charge in [0.2, 0.25) is 0 Å². The van der Waals surface area contributed by atoms with Crippen molar-refractivity contribution in [2.24, 2.45) is 0 Å². The van der Waals surface area contributed by atoms with E-state index in [1.165, 1.54) is 0 Å². The van der Waals surface area contributed by atoms with Gasteiger partial charge >= 0.3 is 5.97 Å². The quantitative estimate of drug-likeness (QED) is 0.749. The van der Waals surface area contributed by atoms with Gasteiger partial charge in [0.15, 0.2) is 5.69 Å². The molecule has 0 spiro atoms. The molecule has 0 radical (unpaired) electrons. The lowest BCUT2D eigenvalue weighted by Gasteiger charge is -2.05. The first-order valence-electron chi connectivity index (χ1n) is 5.83. The van der Waals surface area contributed by atoms with Crippen LogP contribution >= 0.6 is 0 Å². The van der Waals surface area contributed by atoms with Crippen LogP contribution in [0.2, 0.25) is 0 Å². The molecule has 0 aliphatic carbocycles. The summed E-state index contributed by atoms with van der Waals surface area (Å²) in [4.78, 5) is 15.2. The van der Waals surface area contributed by atoms with Gasteiger partial charge in [-0.15, -0.1) is 0 Å². The fraction of sp³-hybridized carbons (Fsp3) is 0.143. The summed E-state index contributed by atoms with van der Waals surface area (Å²) in [6, 6.07) is 9.98. The smallest absolute Gasteiger partial charge is 0.356 e. The molecule has 0 atom stereocenters. The Hall–Kier alpha value is -2.36. The van der Waals surface area contributed by atoms with Crippen molar-refractivity contribution in [3.05, 3.63) is 47.8 Å². The minimum Gasteiger partial charge on any atom is -0.476 e. The number of hydrogen-bond acceptors (Lipinski definition) is 2. The number of carboxylic acids is 1. The Bertz CT molecular complexity index is 759. The Kier molecular flexibility index (Phi) is 2.30. The molecule has 0 amide bonds. The molecule has 1 N–H and O–H groups in total. The molecule has 0 saturated heterocycles. The lowest BCUT2D eigenvalue weighted by molar-refractivity contribution is 0.0691. The first-order valence-corrected chi connectivity index (χ1v) is 5.83. The number of fused-ring (bicyclic) bond motifs is 3. The number of nitrogens with zero attached hydrogens (tertiary/aromatic N) is 2. The van der Waals surface area contributed by atoms with Gasteiger partial charge in [0, 0.05) is 6.20 Å². The number of imidazole rings is 1. The zero-order chi connectivity index (χ0) is 12.7. The van der Waals surface area contributed by atoms with Crippen LogP contribution in [-0.4, -0.2) is 20.5 Å². The average Bonchev–Trinajstić information content (AvgIpc) is 2.83. The normalized spacial score (nSPS) is 11.2. The maximum Gasteiger partial charge on any atom is 0.356 e. The highest BCUT2D eigenvalue weighted by Crippen LogP contribution is 2.21. The summed E-state index contributed by atoms with van der Waals surface area (Å²) < 4.78 is 1.86. The van der Waals surface area contributed by atoms with E-state index in [9.17, 15) is 4.79 Å². The Morgan fingerprint density at radius 1 is 1.39 bits per heavy atom. The van der Waals surface area contributed by atoms with E-state index >= 15 is 0 Å². The maximum atomic E-state index is 11.0. The third kappa shape index (κ3) is 1.46. The number of aromatic carboxylic acids is 1. The number of aromatic nitrogens is 2. The first-order chi connectivity index (χ1) is 8.70. The molecule has 4 heteroatoms.